The van der Waals surface area contributed by atoms with Crippen molar-refractivity contribution in [2.75, 3.05) is 0 Å². The molecule has 0 amide bonds. The number of halogens is 1. The molecule has 1 aromatic heterocycles. The summed E-state index contributed by atoms with van der Waals surface area (Å²) in [6.45, 7) is 2.05. The number of aromatic nitrogens is 2. The Morgan fingerprint density at radius 1 is 1.31 bits per heavy atom. The van der Waals surface area contributed by atoms with Crippen LogP contribution in [0.4, 0.5) is 0 Å². The Bertz CT molecular complexity index is 466. The van der Waals surface area contributed by atoms with Crippen molar-refractivity contribution in [2.24, 2.45) is 5.73 Å². The normalized spacial score (nSPS) is 12.7. The molecule has 0 aliphatic heterocycles. The molecule has 0 radical (unpaired) electrons. The van der Waals surface area contributed by atoms with Crippen LogP contribution in [0, 0.1) is 0 Å². The number of hydrogen-bond donors (Lipinski definition) is 1. The molecule has 84 valence electrons. The van der Waals surface area contributed by atoms with Crippen LogP contribution in [0.5, 0.6) is 0 Å². The second-order valence-corrected chi connectivity index (χ2v) is 5.39. The lowest BCUT2D eigenvalue weighted by Gasteiger charge is -2.00. The Morgan fingerprint density at radius 2 is 2.00 bits per heavy atom. The van der Waals surface area contributed by atoms with Gasteiger partial charge in [-0.1, -0.05) is 46.3 Å². The van der Waals surface area contributed by atoms with Crippen molar-refractivity contribution in [3.8, 4) is 10.6 Å². The van der Waals surface area contributed by atoms with Crippen LogP contribution in [-0.4, -0.2) is 10.2 Å². The number of rotatable bonds is 3. The number of nitrogens with zero attached hydrogens (tertiary/aromatic N) is 2. The van der Waals surface area contributed by atoms with Crippen molar-refractivity contribution in [3.05, 3.63) is 33.7 Å². The van der Waals surface area contributed by atoms with Crippen molar-refractivity contribution < 1.29 is 0 Å². The molecule has 1 heterocycles. The average molecular weight is 298 g/mol. The van der Waals surface area contributed by atoms with E-state index in [9.17, 15) is 0 Å². The SMILES string of the molecule is CCC(N)c1nnc(-c2ccc(Br)cc2)s1. The van der Waals surface area contributed by atoms with Crippen molar-refractivity contribution >= 4 is 27.3 Å². The topological polar surface area (TPSA) is 51.8 Å². The summed E-state index contributed by atoms with van der Waals surface area (Å²) >= 11 is 4.97. The van der Waals surface area contributed by atoms with E-state index in [4.69, 9.17) is 5.73 Å². The van der Waals surface area contributed by atoms with Crippen LogP contribution in [0.2, 0.25) is 0 Å². The van der Waals surface area contributed by atoms with Gasteiger partial charge in [0.2, 0.25) is 0 Å². The highest BCUT2D eigenvalue weighted by Gasteiger charge is 2.11. The molecule has 2 aromatic rings. The van der Waals surface area contributed by atoms with E-state index in [2.05, 4.69) is 26.1 Å². The van der Waals surface area contributed by atoms with E-state index >= 15 is 0 Å². The van der Waals surface area contributed by atoms with Gasteiger partial charge in [0.05, 0.1) is 6.04 Å². The molecule has 0 saturated heterocycles. The molecule has 1 atom stereocenters. The number of hydrogen-bond acceptors (Lipinski definition) is 4. The Kier molecular flexibility index (Phi) is 3.68. The molecule has 0 aliphatic carbocycles. The highest BCUT2D eigenvalue weighted by atomic mass is 79.9. The third-order valence-electron chi connectivity index (χ3n) is 2.29. The van der Waals surface area contributed by atoms with Gasteiger partial charge in [0, 0.05) is 10.0 Å². The standard InChI is InChI=1S/C11H12BrN3S/c1-2-9(13)11-15-14-10(16-11)7-3-5-8(12)6-4-7/h3-6,9H,2,13H2,1H3. The molecule has 0 fully saturated rings. The van der Waals surface area contributed by atoms with Crippen LogP contribution in [0.3, 0.4) is 0 Å². The summed E-state index contributed by atoms with van der Waals surface area (Å²) in [7, 11) is 0. The fraction of sp³-hybridized carbons (Fsp3) is 0.273. The molecule has 0 aliphatic rings. The van der Waals surface area contributed by atoms with Crippen LogP contribution in [-0.2, 0) is 0 Å². The molecule has 0 spiro atoms. The lowest BCUT2D eigenvalue weighted by molar-refractivity contribution is 0.683. The van der Waals surface area contributed by atoms with E-state index in [-0.39, 0.29) is 6.04 Å². The van der Waals surface area contributed by atoms with E-state index in [1.807, 2.05) is 31.2 Å². The fourth-order valence-corrected chi connectivity index (χ4v) is 2.47. The van der Waals surface area contributed by atoms with Gasteiger partial charge in [-0.2, -0.15) is 0 Å². The summed E-state index contributed by atoms with van der Waals surface area (Å²) < 4.78 is 1.06. The van der Waals surface area contributed by atoms with Gasteiger partial charge in [-0.25, -0.2) is 0 Å². The molecule has 2 rings (SSSR count). The summed E-state index contributed by atoms with van der Waals surface area (Å²) in [6.07, 6.45) is 0.884. The smallest absolute Gasteiger partial charge is 0.147 e. The van der Waals surface area contributed by atoms with Gasteiger partial charge in [0.25, 0.3) is 0 Å². The van der Waals surface area contributed by atoms with Gasteiger partial charge >= 0.3 is 0 Å². The molecule has 16 heavy (non-hydrogen) atoms. The zero-order valence-corrected chi connectivity index (χ0v) is 11.3. The first-order chi connectivity index (χ1) is 7.70. The van der Waals surface area contributed by atoms with Crippen LogP contribution in [0.1, 0.15) is 24.4 Å². The predicted octanol–water partition coefficient (Wildman–Crippen LogP) is 3.38. The summed E-state index contributed by atoms with van der Waals surface area (Å²) in [5.41, 5.74) is 6.99. The fourth-order valence-electron chi connectivity index (χ4n) is 1.27. The van der Waals surface area contributed by atoms with Crippen molar-refractivity contribution in [2.45, 2.75) is 19.4 Å². The first kappa shape index (κ1) is 11.7. The van der Waals surface area contributed by atoms with Gasteiger partial charge in [0.1, 0.15) is 10.0 Å². The molecule has 5 heteroatoms. The summed E-state index contributed by atoms with van der Waals surface area (Å²) in [5.74, 6) is 0. The van der Waals surface area contributed by atoms with Crippen molar-refractivity contribution in [1.82, 2.24) is 10.2 Å². The summed E-state index contributed by atoms with van der Waals surface area (Å²) in [4.78, 5) is 0. The van der Waals surface area contributed by atoms with E-state index in [0.717, 1.165) is 26.5 Å². The number of benzene rings is 1. The maximum Gasteiger partial charge on any atom is 0.147 e. The number of nitrogens with two attached hydrogens (primary N) is 1. The van der Waals surface area contributed by atoms with Gasteiger partial charge in [-0.05, 0) is 18.6 Å². The minimum Gasteiger partial charge on any atom is -0.322 e. The molecule has 0 bridgehead atoms. The second kappa shape index (κ2) is 5.03. The third kappa shape index (κ3) is 2.48. The van der Waals surface area contributed by atoms with Crippen LogP contribution in [0.15, 0.2) is 28.7 Å². The molecular weight excluding hydrogens is 286 g/mol. The minimum atomic E-state index is 0.00157. The Balaban J connectivity index is 2.28. The summed E-state index contributed by atoms with van der Waals surface area (Å²) in [5, 5.41) is 10.1. The molecule has 1 unspecified atom stereocenters. The Labute approximate surface area is 107 Å². The monoisotopic (exact) mass is 297 g/mol. The third-order valence-corrected chi connectivity index (χ3v) is 3.92. The molecular formula is C11H12BrN3S. The van der Waals surface area contributed by atoms with Crippen LogP contribution >= 0.6 is 27.3 Å². The van der Waals surface area contributed by atoms with Crippen LogP contribution in [0.25, 0.3) is 10.6 Å². The second-order valence-electron chi connectivity index (χ2n) is 3.47. The van der Waals surface area contributed by atoms with Crippen molar-refractivity contribution in [3.63, 3.8) is 0 Å². The first-order valence-electron chi connectivity index (χ1n) is 5.05. The lowest BCUT2D eigenvalue weighted by Crippen LogP contribution is -2.07. The van der Waals surface area contributed by atoms with E-state index in [0.29, 0.717) is 0 Å². The molecule has 0 saturated carbocycles. The van der Waals surface area contributed by atoms with Gasteiger partial charge < -0.3 is 5.73 Å². The molecule has 3 nitrogen and oxygen atoms in total. The molecule has 2 N–H and O–H groups in total. The average Bonchev–Trinajstić information content (AvgIpc) is 2.78. The first-order valence-corrected chi connectivity index (χ1v) is 6.66. The Morgan fingerprint density at radius 3 is 2.62 bits per heavy atom. The minimum absolute atomic E-state index is 0.00157. The maximum atomic E-state index is 5.91. The summed E-state index contributed by atoms with van der Waals surface area (Å²) in [6, 6.07) is 8.03. The van der Waals surface area contributed by atoms with Gasteiger partial charge in [-0.3, -0.25) is 0 Å². The van der Waals surface area contributed by atoms with E-state index < -0.39 is 0 Å². The molecule has 1 aromatic carbocycles. The van der Waals surface area contributed by atoms with E-state index in [1.165, 1.54) is 0 Å². The Hall–Kier alpha value is -0.780. The van der Waals surface area contributed by atoms with Crippen LogP contribution < -0.4 is 5.73 Å². The highest BCUT2D eigenvalue weighted by Crippen LogP contribution is 2.27. The lowest BCUT2D eigenvalue weighted by atomic mass is 10.2. The highest BCUT2D eigenvalue weighted by molar-refractivity contribution is 9.10. The maximum absolute atomic E-state index is 5.91. The van der Waals surface area contributed by atoms with E-state index in [1.54, 1.807) is 11.3 Å². The van der Waals surface area contributed by atoms with Gasteiger partial charge in [0.15, 0.2) is 0 Å². The van der Waals surface area contributed by atoms with Gasteiger partial charge in [-0.15, -0.1) is 10.2 Å². The zero-order chi connectivity index (χ0) is 11.5. The van der Waals surface area contributed by atoms with Crippen molar-refractivity contribution in [1.29, 1.82) is 0 Å². The quantitative estimate of drug-likeness (QED) is 0.945. The largest absolute Gasteiger partial charge is 0.322 e. The zero-order valence-electron chi connectivity index (χ0n) is 8.85. The predicted molar refractivity (Wildman–Crippen MR) is 70.3 cm³/mol.